The van der Waals surface area contributed by atoms with Crippen LogP contribution in [0.3, 0.4) is 0 Å². The highest BCUT2D eigenvalue weighted by atomic mass is 16.6. The van der Waals surface area contributed by atoms with Crippen LogP contribution in [0.25, 0.3) is 0 Å². The number of nitro groups is 1. The molecule has 0 aliphatic rings. The molecule has 8 heteroatoms. The van der Waals surface area contributed by atoms with E-state index in [1.807, 2.05) is 0 Å². The molecule has 1 amide bonds. The number of nitro benzene ring substituents is 1. The monoisotopic (exact) mass is 282 g/mol. The molecule has 0 saturated heterocycles. The summed E-state index contributed by atoms with van der Waals surface area (Å²) >= 11 is 0. The normalized spacial score (nSPS) is 11.6. The first-order valence-corrected chi connectivity index (χ1v) is 5.66. The predicted octanol–water partition coefficient (Wildman–Crippen LogP) is 0.167. The van der Waals surface area contributed by atoms with Crippen LogP contribution in [-0.4, -0.2) is 41.7 Å². The van der Waals surface area contributed by atoms with Crippen molar-refractivity contribution >= 4 is 17.6 Å². The second-order valence-corrected chi connectivity index (χ2v) is 3.96. The van der Waals surface area contributed by atoms with Gasteiger partial charge in [0, 0.05) is 17.2 Å². The highest BCUT2D eigenvalue weighted by Gasteiger charge is 2.20. The minimum atomic E-state index is -1.48. The Morgan fingerprint density at radius 2 is 2.15 bits per heavy atom. The van der Waals surface area contributed by atoms with Crippen molar-refractivity contribution < 1.29 is 24.4 Å². The first-order chi connectivity index (χ1) is 9.38. The molecule has 0 aliphatic heterocycles. The standard InChI is InChI=1S/C12H14N2O6/c1-7-8(4-3-5-9(7)14(18)19)11(16)13-6-10(15)12(17)20-2/h3-5,10,15H,6H2,1-2H3,(H,13,16). The number of aliphatic hydroxyl groups is 1. The highest BCUT2D eigenvalue weighted by molar-refractivity contribution is 5.96. The molecule has 20 heavy (non-hydrogen) atoms. The Balaban J connectivity index is 2.81. The third-order valence-corrected chi connectivity index (χ3v) is 2.68. The van der Waals surface area contributed by atoms with Crippen molar-refractivity contribution in [1.29, 1.82) is 0 Å². The van der Waals surface area contributed by atoms with Gasteiger partial charge in [0.25, 0.3) is 11.6 Å². The van der Waals surface area contributed by atoms with Crippen molar-refractivity contribution in [3.05, 3.63) is 39.4 Å². The van der Waals surface area contributed by atoms with Crippen LogP contribution >= 0.6 is 0 Å². The van der Waals surface area contributed by atoms with Crippen molar-refractivity contribution in [3.63, 3.8) is 0 Å². The molecule has 0 aliphatic carbocycles. The van der Waals surface area contributed by atoms with Gasteiger partial charge >= 0.3 is 5.97 Å². The van der Waals surface area contributed by atoms with Crippen molar-refractivity contribution in [1.82, 2.24) is 5.32 Å². The van der Waals surface area contributed by atoms with Gasteiger partial charge in [-0.05, 0) is 13.0 Å². The number of nitrogens with one attached hydrogen (secondary N) is 1. The SMILES string of the molecule is COC(=O)C(O)CNC(=O)c1cccc([N+](=O)[O-])c1C. The van der Waals surface area contributed by atoms with Crippen LogP contribution in [0.5, 0.6) is 0 Å². The van der Waals surface area contributed by atoms with Crippen LogP contribution in [0, 0.1) is 17.0 Å². The van der Waals surface area contributed by atoms with Gasteiger partial charge < -0.3 is 15.2 Å². The molecule has 0 radical (unpaired) electrons. The summed E-state index contributed by atoms with van der Waals surface area (Å²) in [5.41, 5.74) is 0.144. The Labute approximate surface area is 114 Å². The fraction of sp³-hybridized carbons (Fsp3) is 0.333. The van der Waals surface area contributed by atoms with Crippen LogP contribution in [0.4, 0.5) is 5.69 Å². The largest absolute Gasteiger partial charge is 0.467 e. The zero-order valence-electron chi connectivity index (χ0n) is 11.0. The van der Waals surface area contributed by atoms with Gasteiger partial charge in [0.15, 0.2) is 6.10 Å². The number of ether oxygens (including phenoxy) is 1. The minimum Gasteiger partial charge on any atom is -0.467 e. The van der Waals surface area contributed by atoms with Crippen LogP contribution in [-0.2, 0) is 9.53 Å². The van der Waals surface area contributed by atoms with Crippen LogP contribution in [0.1, 0.15) is 15.9 Å². The summed E-state index contributed by atoms with van der Waals surface area (Å²) in [7, 11) is 1.11. The average Bonchev–Trinajstić information content (AvgIpc) is 2.43. The molecule has 0 bridgehead atoms. The first-order valence-electron chi connectivity index (χ1n) is 5.66. The molecule has 1 unspecified atom stereocenters. The first kappa shape index (κ1) is 15.6. The number of carbonyl (C=O) groups is 2. The van der Waals surface area contributed by atoms with E-state index in [1.165, 1.54) is 25.1 Å². The topological polar surface area (TPSA) is 119 Å². The number of aliphatic hydroxyl groups excluding tert-OH is 1. The van der Waals surface area contributed by atoms with Gasteiger partial charge in [-0.3, -0.25) is 14.9 Å². The number of rotatable bonds is 5. The lowest BCUT2D eigenvalue weighted by molar-refractivity contribution is -0.385. The summed E-state index contributed by atoms with van der Waals surface area (Å²) in [5, 5.41) is 22.4. The number of esters is 1. The number of amides is 1. The maximum Gasteiger partial charge on any atom is 0.336 e. The summed E-state index contributed by atoms with van der Waals surface area (Å²) in [6.45, 7) is 1.11. The minimum absolute atomic E-state index is 0.108. The number of hydrogen-bond donors (Lipinski definition) is 2. The molecule has 8 nitrogen and oxygen atoms in total. The summed E-state index contributed by atoms with van der Waals surface area (Å²) in [6, 6.07) is 4.09. The maximum absolute atomic E-state index is 11.9. The van der Waals surface area contributed by atoms with Gasteiger partial charge in [0.1, 0.15) is 0 Å². The third kappa shape index (κ3) is 3.51. The third-order valence-electron chi connectivity index (χ3n) is 2.68. The molecule has 0 fully saturated rings. The molecule has 0 saturated carbocycles. The molecule has 2 N–H and O–H groups in total. The van der Waals surface area contributed by atoms with E-state index in [9.17, 15) is 24.8 Å². The second kappa shape index (κ2) is 6.62. The number of benzene rings is 1. The van der Waals surface area contributed by atoms with E-state index in [4.69, 9.17) is 0 Å². The van der Waals surface area contributed by atoms with Gasteiger partial charge in [-0.25, -0.2) is 4.79 Å². The van der Waals surface area contributed by atoms with Crippen LogP contribution < -0.4 is 5.32 Å². The molecular formula is C12H14N2O6. The Morgan fingerprint density at radius 1 is 1.50 bits per heavy atom. The van der Waals surface area contributed by atoms with E-state index >= 15 is 0 Å². The Kier molecular flexibility index (Phi) is 5.15. The molecule has 0 spiro atoms. The van der Waals surface area contributed by atoms with E-state index in [0.717, 1.165) is 7.11 Å². The number of hydrogen-bond acceptors (Lipinski definition) is 6. The maximum atomic E-state index is 11.9. The van der Waals surface area contributed by atoms with E-state index in [0.29, 0.717) is 0 Å². The zero-order chi connectivity index (χ0) is 15.3. The molecule has 0 heterocycles. The summed E-state index contributed by atoms with van der Waals surface area (Å²) < 4.78 is 4.29. The molecule has 0 aromatic heterocycles. The lowest BCUT2D eigenvalue weighted by Gasteiger charge is -2.11. The van der Waals surface area contributed by atoms with Crippen molar-refractivity contribution in [3.8, 4) is 0 Å². The molecular weight excluding hydrogens is 268 g/mol. The van der Waals surface area contributed by atoms with Gasteiger partial charge in [-0.2, -0.15) is 0 Å². The Morgan fingerprint density at radius 3 is 2.70 bits per heavy atom. The van der Waals surface area contributed by atoms with E-state index in [1.54, 1.807) is 0 Å². The average molecular weight is 282 g/mol. The molecule has 1 aromatic rings. The highest BCUT2D eigenvalue weighted by Crippen LogP contribution is 2.20. The lowest BCUT2D eigenvalue weighted by atomic mass is 10.1. The second-order valence-electron chi connectivity index (χ2n) is 3.96. The van der Waals surface area contributed by atoms with E-state index in [2.05, 4.69) is 10.1 Å². The van der Waals surface area contributed by atoms with Crippen molar-refractivity contribution in [2.75, 3.05) is 13.7 Å². The zero-order valence-corrected chi connectivity index (χ0v) is 11.0. The number of nitrogens with zero attached hydrogens (tertiary/aromatic N) is 1. The molecule has 1 rings (SSSR count). The number of carbonyl (C=O) groups excluding carboxylic acids is 2. The van der Waals surface area contributed by atoms with Crippen LogP contribution in [0.2, 0.25) is 0 Å². The quantitative estimate of drug-likeness (QED) is 0.451. The Bertz CT molecular complexity index is 543. The molecule has 1 atom stereocenters. The summed E-state index contributed by atoms with van der Waals surface area (Å²) in [4.78, 5) is 33.0. The lowest BCUT2D eigenvalue weighted by Crippen LogP contribution is -2.37. The predicted molar refractivity (Wildman–Crippen MR) is 68.2 cm³/mol. The molecule has 1 aromatic carbocycles. The Hall–Kier alpha value is -2.48. The van der Waals surface area contributed by atoms with Crippen molar-refractivity contribution in [2.24, 2.45) is 0 Å². The van der Waals surface area contributed by atoms with E-state index < -0.39 is 22.9 Å². The van der Waals surface area contributed by atoms with E-state index in [-0.39, 0.29) is 23.4 Å². The summed E-state index contributed by atoms with van der Waals surface area (Å²) in [6.07, 6.45) is -1.48. The molecule has 108 valence electrons. The fourth-order valence-corrected chi connectivity index (χ4v) is 1.57. The van der Waals surface area contributed by atoms with Crippen LogP contribution in [0.15, 0.2) is 18.2 Å². The van der Waals surface area contributed by atoms with Crippen molar-refractivity contribution in [2.45, 2.75) is 13.0 Å². The fourth-order valence-electron chi connectivity index (χ4n) is 1.57. The van der Waals surface area contributed by atoms with Gasteiger partial charge in [0.2, 0.25) is 0 Å². The van der Waals surface area contributed by atoms with Gasteiger partial charge in [-0.15, -0.1) is 0 Å². The van der Waals surface area contributed by atoms with Gasteiger partial charge in [-0.1, -0.05) is 6.07 Å². The summed E-state index contributed by atoms with van der Waals surface area (Å²) in [5.74, 6) is -1.49. The smallest absolute Gasteiger partial charge is 0.336 e. The van der Waals surface area contributed by atoms with Gasteiger partial charge in [0.05, 0.1) is 18.6 Å². The number of methoxy groups -OCH3 is 1.